The van der Waals surface area contributed by atoms with Gasteiger partial charge in [-0.25, -0.2) is 24.0 Å². The summed E-state index contributed by atoms with van der Waals surface area (Å²) in [5, 5.41) is 11.3. The molecule has 1 saturated heterocycles. The first-order valence-electron chi connectivity index (χ1n) is 22.4. The maximum Gasteiger partial charge on any atom is 0.383 e. The Morgan fingerprint density at radius 2 is 1.04 bits per heavy atom. The third-order valence-corrected chi connectivity index (χ3v) is 11.0. The molecule has 1 aliphatic rings. The van der Waals surface area contributed by atoms with Gasteiger partial charge in [-0.05, 0) is 67.1 Å². The topological polar surface area (TPSA) is 183 Å². The Morgan fingerprint density at radius 1 is 0.567 bits per heavy atom. The lowest BCUT2D eigenvalue weighted by Crippen LogP contribution is -2.63. The zero-order valence-electron chi connectivity index (χ0n) is 37.0. The zero-order valence-corrected chi connectivity index (χ0v) is 37.0. The van der Waals surface area contributed by atoms with Crippen molar-refractivity contribution in [3.8, 4) is 17.2 Å². The van der Waals surface area contributed by atoms with Crippen LogP contribution in [0.15, 0.2) is 149 Å². The highest BCUT2D eigenvalue weighted by Gasteiger charge is 2.54. The van der Waals surface area contributed by atoms with Crippen LogP contribution in [0.2, 0.25) is 0 Å². The molecular weight excluding hydrogens is 861 g/mol. The van der Waals surface area contributed by atoms with E-state index < -0.39 is 72.6 Å². The smallest absolute Gasteiger partial charge is 0.383 e. The number of carbonyl (C=O) groups excluding carboxylic acids is 4. The van der Waals surface area contributed by atoms with Gasteiger partial charge >= 0.3 is 29.5 Å². The molecule has 1 aliphatic heterocycles. The van der Waals surface area contributed by atoms with Gasteiger partial charge in [0.1, 0.15) is 24.0 Å². The highest BCUT2D eigenvalue weighted by atomic mass is 16.7. The molecule has 5 aromatic carbocycles. The van der Waals surface area contributed by atoms with E-state index in [1.165, 1.54) is 80.3 Å². The number of aromatic hydroxyl groups is 1. The highest BCUT2D eigenvalue weighted by molar-refractivity contribution is 5.92. The van der Waals surface area contributed by atoms with Crippen LogP contribution in [0.4, 0.5) is 0 Å². The predicted molar refractivity (Wildman–Crippen MR) is 245 cm³/mol. The van der Waals surface area contributed by atoms with E-state index in [0.29, 0.717) is 6.42 Å². The van der Waals surface area contributed by atoms with E-state index >= 15 is 0 Å². The minimum Gasteiger partial charge on any atom is -0.504 e. The Morgan fingerprint density at radius 3 is 1.58 bits per heavy atom. The number of rotatable bonds is 21. The number of benzene rings is 5. The van der Waals surface area contributed by atoms with Crippen molar-refractivity contribution in [2.24, 2.45) is 0 Å². The van der Waals surface area contributed by atoms with Crippen LogP contribution in [-0.2, 0) is 23.7 Å². The summed E-state index contributed by atoms with van der Waals surface area (Å²) < 4.78 is 48.2. The molecule has 6 aromatic rings. The number of unbranched alkanes of at least 4 members (excludes halogenated alkanes) is 7. The largest absolute Gasteiger partial charge is 0.504 e. The molecule has 0 bridgehead atoms. The second-order valence-electron chi connectivity index (χ2n) is 15.9. The summed E-state index contributed by atoms with van der Waals surface area (Å²) in [6.45, 7) is 1.82. The van der Waals surface area contributed by atoms with Crippen LogP contribution in [0, 0.1) is 0 Å². The summed E-state index contributed by atoms with van der Waals surface area (Å²) in [4.78, 5) is 68.3. The molecule has 0 aliphatic carbocycles. The van der Waals surface area contributed by atoms with E-state index in [0.717, 1.165) is 19.3 Å². The van der Waals surface area contributed by atoms with Crippen molar-refractivity contribution in [3.05, 3.63) is 172 Å². The van der Waals surface area contributed by atoms with E-state index in [1.807, 2.05) is 0 Å². The standard InChI is InChI=1S/C53H52O14/c1-2-3-4-5-6-7-8-21-32-60-45-43(54)40-31-30-39(33-41(40)63-52(45)59)62-53-47(67-51(58)38-28-19-12-20-29-38)46(66-50(57)37-26-17-11-18-27-37)44(65-49(56)36-24-15-10-16-25-36)42(64-53)34-61-48(55)35-22-13-9-14-23-35/h9-20,22-31,33,42,44,46-47,53-54H,2-8,21,32,34H2,1H3/t42-,44-,46+,47+,53+/m1/s1. The van der Waals surface area contributed by atoms with Gasteiger partial charge in [-0.1, -0.05) is 125 Å². The average Bonchev–Trinajstić information content (AvgIpc) is 3.36. The normalized spacial score (nSPS) is 17.8. The summed E-state index contributed by atoms with van der Waals surface area (Å²) in [6.07, 6.45) is 0.527. The van der Waals surface area contributed by atoms with Gasteiger partial charge in [0, 0.05) is 6.07 Å². The van der Waals surface area contributed by atoms with Crippen LogP contribution in [-0.4, -0.2) is 72.9 Å². The molecule has 0 amide bonds. The average molecular weight is 913 g/mol. The Kier molecular flexibility index (Phi) is 16.8. The minimum absolute atomic E-state index is 0.0127. The van der Waals surface area contributed by atoms with Crippen LogP contribution in [0.3, 0.4) is 0 Å². The van der Waals surface area contributed by atoms with Gasteiger partial charge in [-0.15, -0.1) is 0 Å². The molecule has 5 atom stereocenters. The second-order valence-corrected chi connectivity index (χ2v) is 15.9. The molecular formula is C53H52O14. The Hall–Kier alpha value is -7.45. The van der Waals surface area contributed by atoms with Crippen molar-refractivity contribution in [1.29, 1.82) is 0 Å². The fourth-order valence-corrected chi connectivity index (χ4v) is 7.52. The first-order chi connectivity index (χ1) is 32.7. The summed E-state index contributed by atoms with van der Waals surface area (Å²) in [5.41, 5.74) is -0.410. The maximum absolute atomic E-state index is 14.0. The van der Waals surface area contributed by atoms with Gasteiger partial charge in [-0.2, -0.15) is 0 Å². The Balaban J connectivity index is 1.22. The monoisotopic (exact) mass is 912 g/mol. The van der Waals surface area contributed by atoms with Gasteiger partial charge in [-0.3, -0.25) is 0 Å². The first-order valence-corrected chi connectivity index (χ1v) is 22.4. The second kappa shape index (κ2) is 23.7. The quantitative estimate of drug-likeness (QED) is 0.0312. The molecule has 0 radical (unpaired) electrons. The van der Waals surface area contributed by atoms with Crippen molar-refractivity contribution in [1.82, 2.24) is 0 Å². The lowest BCUT2D eigenvalue weighted by molar-refractivity contribution is -0.275. The van der Waals surface area contributed by atoms with Crippen molar-refractivity contribution in [2.75, 3.05) is 13.2 Å². The number of hydrogen-bond acceptors (Lipinski definition) is 14. The predicted octanol–water partition coefficient (Wildman–Crippen LogP) is 9.66. The number of esters is 4. The van der Waals surface area contributed by atoms with E-state index in [9.17, 15) is 29.1 Å². The van der Waals surface area contributed by atoms with E-state index in [4.69, 9.17) is 37.6 Å². The molecule has 67 heavy (non-hydrogen) atoms. The Bertz CT molecular complexity index is 2620. The first kappa shape index (κ1) is 47.5. The SMILES string of the molecule is CCCCCCCCCCOc1c(O)c2ccc(O[C@H]3O[C@H](COC(=O)c4ccccc4)[C@@H](OC(=O)c4ccccc4)[C@H](OC(=O)c4ccccc4)[C@@H]3OC(=O)c3ccccc3)cc2oc1=O. The molecule has 2 heterocycles. The van der Waals surface area contributed by atoms with Crippen LogP contribution in [0.25, 0.3) is 11.0 Å². The summed E-state index contributed by atoms with van der Waals surface area (Å²) in [7, 11) is 0. The van der Waals surface area contributed by atoms with Crippen molar-refractivity contribution >= 4 is 34.8 Å². The molecule has 0 spiro atoms. The maximum atomic E-state index is 14.0. The molecule has 14 nitrogen and oxygen atoms in total. The fraction of sp³-hybridized carbons (Fsp3) is 0.302. The number of ether oxygens (including phenoxy) is 7. The van der Waals surface area contributed by atoms with Crippen LogP contribution in [0.5, 0.6) is 17.2 Å². The van der Waals surface area contributed by atoms with Crippen molar-refractivity contribution < 1.29 is 61.9 Å². The van der Waals surface area contributed by atoms with Crippen LogP contribution in [0.1, 0.15) is 99.7 Å². The molecule has 7 rings (SSSR count). The van der Waals surface area contributed by atoms with Crippen LogP contribution < -0.4 is 15.1 Å². The Labute approximate surface area is 387 Å². The van der Waals surface area contributed by atoms with Crippen molar-refractivity contribution in [2.45, 2.75) is 89.0 Å². The fourth-order valence-electron chi connectivity index (χ4n) is 7.52. The summed E-state index contributed by atoms with van der Waals surface area (Å²) in [5.74, 6) is -4.10. The summed E-state index contributed by atoms with van der Waals surface area (Å²) >= 11 is 0. The van der Waals surface area contributed by atoms with E-state index in [-0.39, 0.29) is 51.3 Å². The highest BCUT2D eigenvalue weighted by Crippen LogP contribution is 2.36. The van der Waals surface area contributed by atoms with Gasteiger partial charge in [0.15, 0.2) is 18.0 Å². The van der Waals surface area contributed by atoms with Gasteiger partial charge < -0.3 is 42.7 Å². The zero-order chi connectivity index (χ0) is 47.0. The minimum atomic E-state index is -1.68. The molecule has 1 N–H and O–H groups in total. The van der Waals surface area contributed by atoms with Crippen LogP contribution >= 0.6 is 0 Å². The molecule has 1 aromatic heterocycles. The molecule has 0 saturated carbocycles. The van der Waals surface area contributed by atoms with E-state index in [1.54, 1.807) is 84.9 Å². The number of fused-ring (bicyclic) bond motifs is 1. The number of carbonyl (C=O) groups is 4. The molecule has 348 valence electrons. The third-order valence-electron chi connectivity index (χ3n) is 11.0. The lowest BCUT2D eigenvalue weighted by Gasteiger charge is -2.44. The van der Waals surface area contributed by atoms with Gasteiger partial charge in [0.2, 0.25) is 18.1 Å². The third kappa shape index (κ3) is 12.7. The molecule has 14 heteroatoms. The van der Waals surface area contributed by atoms with E-state index in [2.05, 4.69) is 6.92 Å². The molecule has 0 unspecified atom stereocenters. The summed E-state index contributed by atoms with van der Waals surface area (Å²) in [6, 6.07) is 36.3. The number of hydrogen-bond donors (Lipinski definition) is 1. The van der Waals surface area contributed by atoms with Crippen molar-refractivity contribution in [3.63, 3.8) is 0 Å². The van der Waals surface area contributed by atoms with Gasteiger partial charge in [0.25, 0.3) is 0 Å². The lowest BCUT2D eigenvalue weighted by atomic mass is 9.97. The van der Waals surface area contributed by atoms with Gasteiger partial charge in [0.05, 0.1) is 34.2 Å². The molecule has 1 fully saturated rings.